The van der Waals surface area contributed by atoms with E-state index < -0.39 is 0 Å². The van der Waals surface area contributed by atoms with Crippen molar-refractivity contribution in [3.8, 4) is 0 Å². The second-order valence-corrected chi connectivity index (χ2v) is 7.49. The van der Waals surface area contributed by atoms with E-state index in [1.807, 2.05) is 0 Å². The molecule has 1 saturated heterocycles. The lowest BCUT2D eigenvalue weighted by molar-refractivity contribution is 0.00131. The maximum atomic E-state index is 3.80. The minimum Gasteiger partial charge on any atom is -0.309 e. The summed E-state index contributed by atoms with van der Waals surface area (Å²) in [4.78, 5) is 2.87. The molecule has 5 unspecified atom stereocenters. The van der Waals surface area contributed by atoms with Crippen molar-refractivity contribution in [2.45, 2.75) is 84.3 Å². The Kier molecular flexibility index (Phi) is 4.94. The normalized spacial score (nSPS) is 45.3. The van der Waals surface area contributed by atoms with Gasteiger partial charge in [0, 0.05) is 30.7 Å². The van der Waals surface area contributed by atoms with E-state index in [1.165, 1.54) is 45.2 Å². The third kappa shape index (κ3) is 3.33. The quantitative estimate of drug-likeness (QED) is 0.838. The summed E-state index contributed by atoms with van der Waals surface area (Å²) >= 11 is 0. The molecule has 1 aliphatic heterocycles. The lowest BCUT2D eigenvalue weighted by Crippen LogP contribution is -2.65. The van der Waals surface area contributed by atoms with Crippen LogP contribution in [0.2, 0.25) is 0 Å². The molecule has 0 aromatic carbocycles. The number of piperazine rings is 1. The first-order chi connectivity index (χ1) is 8.99. The van der Waals surface area contributed by atoms with Crippen molar-refractivity contribution in [2.24, 2.45) is 11.8 Å². The van der Waals surface area contributed by atoms with E-state index in [0.717, 1.165) is 23.9 Å². The Hall–Kier alpha value is -0.0800. The van der Waals surface area contributed by atoms with E-state index in [9.17, 15) is 0 Å². The number of nitrogens with zero attached hydrogens (tertiary/aromatic N) is 1. The summed E-state index contributed by atoms with van der Waals surface area (Å²) in [5, 5.41) is 3.80. The van der Waals surface area contributed by atoms with Gasteiger partial charge in [-0.2, -0.15) is 0 Å². The second kappa shape index (κ2) is 6.13. The Balaban J connectivity index is 2.09. The highest BCUT2D eigenvalue weighted by Gasteiger charge is 2.40. The average molecular weight is 266 g/mol. The zero-order chi connectivity index (χ0) is 14.0. The fraction of sp³-hybridized carbons (Fsp3) is 1.00. The molecule has 2 aliphatic rings. The second-order valence-electron chi connectivity index (χ2n) is 7.49. The first-order valence-corrected chi connectivity index (χ1v) is 8.50. The average Bonchev–Trinajstić information content (AvgIpc) is 2.39. The Morgan fingerprint density at radius 1 is 1.21 bits per heavy atom. The van der Waals surface area contributed by atoms with E-state index >= 15 is 0 Å². The van der Waals surface area contributed by atoms with Crippen LogP contribution in [0.25, 0.3) is 0 Å². The summed E-state index contributed by atoms with van der Waals surface area (Å²) in [6, 6.07) is 1.58. The smallest absolute Gasteiger partial charge is 0.0278 e. The first-order valence-electron chi connectivity index (χ1n) is 8.50. The number of hydrogen-bond acceptors (Lipinski definition) is 2. The van der Waals surface area contributed by atoms with Gasteiger partial charge >= 0.3 is 0 Å². The van der Waals surface area contributed by atoms with Gasteiger partial charge in [0.15, 0.2) is 0 Å². The Morgan fingerprint density at radius 3 is 2.53 bits per heavy atom. The molecule has 112 valence electrons. The maximum Gasteiger partial charge on any atom is 0.0278 e. The molecular formula is C17H34N2. The molecule has 1 N–H and O–H groups in total. The van der Waals surface area contributed by atoms with Crippen molar-refractivity contribution in [3.05, 3.63) is 0 Å². The molecule has 19 heavy (non-hydrogen) atoms. The van der Waals surface area contributed by atoms with E-state index in [1.54, 1.807) is 0 Å². The Labute approximate surface area is 120 Å². The van der Waals surface area contributed by atoms with Gasteiger partial charge in [-0.15, -0.1) is 0 Å². The molecule has 0 aromatic heterocycles. The molecule has 0 radical (unpaired) electrons. The summed E-state index contributed by atoms with van der Waals surface area (Å²) in [5.74, 6) is 1.81. The Bertz CT molecular complexity index is 291. The van der Waals surface area contributed by atoms with E-state index in [0.29, 0.717) is 5.54 Å². The highest BCUT2D eigenvalue weighted by Crippen LogP contribution is 2.35. The highest BCUT2D eigenvalue weighted by molar-refractivity contribution is 4.98. The van der Waals surface area contributed by atoms with Crippen molar-refractivity contribution in [3.63, 3.8) is 0 Å². The Morgan fingerprint density at radius 2 is 1.95 bits per heavy atom. The number of nitrogens with one attached hydrogen (secondary N) is 1. The van der Waals surface area contributed by atoms with Gasteiger partial charge in [-0.3, -0.25) is 4.90 Å². The predicted molar refractivity (Wildman–Crippen MR) is 83.5 cm³/mol. The van der Waals surface area contributed by atoms with E-state index in [2.05, 4.69) is 44.8 Å². The van der Waals surface area contributed by atoms with Gasteiger partial charge < -0.3 is 5.32 Å². The van der Waals surface area contributed by atoms with Crippen LogP contribution >= 0.6 is 0 Å². The van der Waals surface area contributed by atoms with Crippen molar-refractivity contribution in [2.75, 3.05) is 13.1 Å². The maximum absolute atomic E-state index is 3.80. The van der Waals surface area contributed by atoms with Gasteiger partial charge in [-0.05, 0) is 50.9 Å². The molecule has 0 amide bonds. The summed E-state index contributed by atoms with van der Waals surface area (Å²) in [7, 11) is 0. The minimum atomic E-state index is 0.328. The first kappa shape index (κ1) is 15.3. The standard InChI is InChI=1S/C17H34N2/c1-6-15-11-18-17(5,7-2)12-19(15)16-9-8-13(3)10-14(16)4/h13-16,18H,6-12H2,1-5H3. The third-order valence-electron chi connectivity index (χ3n) is 5.83. The summed E-state index contributed by atoms with van der Waals surface area (Å²) in [6.07, 6.45) is 6.79. The number of hydrogen-bond donors (Lipinski definition) is 1. The lowest BCUT2D eigenvalue weighted by Gasteiger charge is -2.52. The summed E-state index contributed by atoms with van der Waals surface area (Å²) in [6.45, 7) is 14.4. The lowest BCUT2D eigenvalue weighted by atomic mass is 9.77. The molecule has 0 aromatic rings. The molecule has 2 nitrogen and oxygen atoms in total. The molecule has 1 aliphatic carbocycles. The topological polar surface area (TPSA) is 15.3 Å². The summed E-state index contributed by atoms with van der Waals surface area (Å²) in [5.41, 5.74) is 0.328. The third-order valence-corrected chi connectivity index (χ3v) is 5.83. The van der Waals surface area contributed by atoms with Gasteiger partial charge in [-0.25, -0.2) is 0 Å². The van der Waals surface area contributed by atoms with Crippen molar-refractivity contribution in [1.29, 1.82) is 0 Å². The molecule has 5 atom stereocenters. The van der Waals surface area contributed by atoms with Crippen LogP contribution in [0.3, 0.4) is 0 Å². The van der Waals surface area contributed by atoms with Crippen LogP contribution in [0.4, 0.5) is 0 Å². The molecule has 2 rings (SSSR count). The SMILES string of the molecule is CCC1CNC(C)(CC)CN1C1CCC(C)CC1C. The largest absolute Gasteiger partial charge is 0.309 e. The minimum absolute atomic E-state index is 0.328. The van der Waals surface area contributed by atoms with Gasteiger partial charge in [0.2, 0.25) is 0 Å². The molecule has 1 heterocycles. The van der Waals surface area contributed by atoms with Crippen LogP contribution in [-0.4, -0.2) is 35.6 Å². The van der Waals surface area contributed by atoms with Gasteiger partial charge in [0.05, 0.1) is 0 Å². The monoisotopic (exact) mass is 266 g/mol. The highest BCUT2D eigenvalue weighted by atomic mass is 15.3. The zero-order valence-electron chi connectivity index (χ0n) is 13.7. The molecule has 2 fully saturated rings. The van der Waals surface area contributed by atoms with Crippen LogP contribution in [0, 0.1) is 11.8 Å². The van der Waals surface area contributed by atoms with Crippen molar-refractivity contribution >= 4 is 0 Å². The molecule has 2 heteroatoms. The molecular weight excluding hydrogens is 232 g/mol. The van der Waals surface area contributed by atoms with Crippen molar-refractivity contribution in [1.82, 2.24) is 10.2 Å². The van der Waals surface area contributed by atoms with Crippen LogP contribution in [0.15, 0.2) is 0 Å². The predicted octanol–water partition coefficient (Wildman–Crippen LogP) is 3.66. The molecule has 0 bridgehead atoms. The van der Waals surface area contributed by atoms with Crippen LogP contribution in [0.1, 0.15) is 66.7 Å². The van der Waals surface area contributed by atoms with Crippen LogP contribution in [0.5, 0.6) is 0 Å². The van der Waals surface area contributed by atoms with E-state index in [4.69, 9.17) is 0 Å². The van der Waals surface area contributed by atoms with Crippen LogP contribution in [-0.2, 0) is 0 Å². The van der Waals surface area contributed by atoms with Gasteiger partial charge in [0.1, 0.15) is 0 Å². The number of rotatable bonds is 3. The zero-order valence-corrected chi connectivity index (χ0v) is 13.7. The van der Waals surface area contributed by atoms with Crippen molar-refractivity contribution < 1.29 is 0 Å². The van der Waals surface area contributed by atoms with Gasteiger partial charge in [-0.1, -0.05) is 27.7 Å². The van der Waals surface area contributed by atoms with Gasteiger partial charge in [0.25, 0.3) is 0 Å². The fourth-order valence-electron chi connectivity index (χ4n) is 4.22. The molecule has 1 saturated carbocycles. The summed E-state index contributed by atoms with van der Waals surface area (Å²) < 4.78 is 0. The fourth-order valence-corrected chi connectivity index (χ4v) is 4.22. The van der Waals surface area contributed by atoms with Crippen LogP contribution < -0.4 is 5.32 Å². The van der Waals surface area contributed by atoms with E-state index in [-0.39, 0.29) is 0 Å². The molecule has 0 spiro atoms.